The lowest BCUT2D eigenvalue weighted by Crippen LogP contribution is -2.25. The van der Waals surface area contributed by atoms with Crippen LogP contribution in [0.15, 0.2) is 52.5 Å². The van der Waals surface area contributed by atoms with Gasteiger partial charge in [-0.1, -0.05) is 54.1 Å². The van der Waals surface area contributed by atoms with Crippen molar-refractivity contribution in [1.82, 2.24) is 14.8 Å². The van der Waals surface area contributed by atoms with Gasteiger partial charge >= 0.3 is 0 Å². The van der Waals surface area contributed by atoms with Crippen molar-refractivity contribution in [3.63, 3.8) is 0 Å². The van der Waals surface area contributed by atoms with Crippen molar-refractivity contribution in [2.24, 2.45) is 7.05 Å². The Morgan fingerprint density at radius 3 is 2.34 bits per heavy atom. The lowest BCUT2D eigenvalue weighted by molar-refractivity contribution is -0.115. The zero-order chi connectivity index (χ0) is 23.5. The molecule has 9 heteroatoms. The second-order valence-corrected chi connectivity index (χ2v) is 11.0. The highest BCUT2D eigenvalue weighted by atomic mass is 32.2. The number of hydrogen-bond donors (Lipinski definition) is 1. The van der Waals surface area contributed by atoms with E-state index in [1.807, 2.05) is 45.9 Å². The molecular weight excluding hydrogens is 444 g/mol. The second kappa shape index (κ2) is 9.87. The summed E-state index contributed by atoms with van der Waals surface area (Å²) in [4.78, 5) is 13.1. The van der Waals surface area contributed by atoms with Gasteiger partial charge in [0.1, 0.15) is 11.6 Å². The Kier molecular flexibility index (Phi) is 7.40. The third-order valence-corrected chi connectivity index (χ3v) is 8.20. The van der Waals surface area contributed by atoms with Gasteiger partial charge in [-0.2, -0.15) is 0 Å². The number of aryl methyl sites for hydroxylation is 3. The predicted octanol–water partition coefficient (Wildman–Crippen LogP) is 4.22. The number of sulfone groups is 1. The average Bonchev–Trinajstić information content (AvgIpc) is 3.07. The number of carbonyl (C=O) groups is 1. The van der Waals surface area contributed by atoms with Crippen LogP contribution in [-0.2, 0) is 27.4 Å². The monoisotopic (exact) mass is 472 g/mol. The molecule has 1 amide bonds. The zero-order valence-corrected chi connectivity index (χ0v) is 20.5. The predicted molar refractivity (Wildman–Crippen MR) is 128 cm³/mol. The van der Waals surface area contributed by atoms with Crippen molar-refractivity contribution in [3.8, 4) is 0 Å². The van der Waals surface area contributed by atoms with Gasteiger partial charge in [-0.05, 0) is 51.0 Å². The maximum Gasteiger partial charge on any atom is 0.237 e. The molecule has 0 fully saturated rings. The molecule has 0 aliphatic carbocycles. The first-order chi connectivity index (χ1) is 15.1. The highest BCUT2D eigenvalue weighted by Crippen LogP contribution is 2.27. The number of hydrogen-bond acceptors (Lipinski definition) is 6. The maximum absolute atomic E-state index is 12.9. The van der Waals surface area contributed by atoms with Crippen LogP contribution in [0, 0.1) is 20.8 Å². The minimum Gasteiger partial charge on any atom is -0.325 e. The number of amides is 1. The van der Waals surface area contributed by atoms with Gasteiger partial charge in [0.2, 0.25) is 5.91 Å². The number of nitrogens with zero attached hydrogens (tertiary/aromatic N) is 3. The molecule has 0 spiro atoms. The Labute approximate surface area is 193 Å². The molecule has 7 nitrogen and oxygen atoms in total. The molecule has 3 rings (SSSR count). The van der Waals surface area contributed by atoms with E-state index in [0.717, 1.165) is 22.4 Å². The molecule has 2 aromatic carbocycles. The van der Waals surface area contributed by atoms with Crippen LogP contribution >= 0.6 is 11.8 Å². The molecule has 1 heterocycles. The molecule has 0 bridgehead atoms. The van der Waals surface area contributed by atoms with Crippen molar-refractivity contribution in [3.05, 3.63) is 65.0 Å². The number of rotatable bonds is 8. The van der Waals surface area contributed by atoms with Gasteiger partial charge < -0.3 is 9.88 Å². The van der Waals surface area contributed by atoms with Crippen LogP contribution in [0.1, 0.15) is 35.9 Å². The van der Waals surface area contributed by atoms with Crippen molar-refractivity contribution in [2.45, 2.75) is 55.2 Å². The molecule has 0 saturated heterocycles. The van der Waals surface area contributed by atoms with Gasteiger partial charge in [0.25, 0.3) is 0 Å². The summed E-state index contributed by atoms with van der Waals surface area (Å²) in [5.74, 6) is -0.0509. The lowest BCUT2D eigenvalue weighted by Gasteiger charge is -2.16. The molecule has 0 aliphatic rings. The Balaban J connectivity index is 1.73. The highest BCUT2D eigenvalue weighted by molar-refractivity contribution is 8.00. The topological polar surface area (TPSA) is 93.9 Å². The van der Waals surface area contributed by atoms with Crippen LogP contribution in [0.25, 0.3) is 0 Å². The van der Waals surface area contributed by atoms with Crippen LogP contribution in [0.2, 0.25) is 0 Å². The normalized spacial score (nSPS) is 12.5. The Morgan fingerprint density at radius 2 is 1.72 bits per heavy atom. The van der Waals surface area contributed by atoms with E-state index in [1.165, 1.54) is 11.8 Å². The summed E-state index contributed by atoms with van der Waals surface area (Å²) in [6.45, 7) is 7.80. The summed E-state index contributed by atoms with van der Waals surface area (Å²) < 4.78 is 27.2. The molecule has 170 valence electrons. The Bertz CT molecular complexity index is 1220. The van der Waals surface area contributed by atoms with E-state index >= 15 is 0 Å². The fourth-order valence-corrected chi connectivity index (χ4v) is 5.44. The SMILES string of the molecule is CCC(Sc1nnc(CS(=O)(=O)c2ccc(C)cc2)n1C)C(=O)Nc1ccc(C)cc1C. The van der Waals surface area contributed by atoms with Crippen molar-refractivity contribution in [1.29, 1.82) is 0 Å². The van der Waals surface area contributed by atoms with E-state index in [9.17, 15) is 13.2 Å². The first-order valence-electron chi connectivity index (χ1n) is 10.3. The van der Waals surface area contributed by atoms with E-state index in [0.29, 0.717) is 17.4 Å². The quantitative estimate of drug-likeness (QED) is 0.493. The first-order valence-corrected chi connectivity index (χ1v) is 12.9. The Hall–Kier alpha value is -2.65. The largest absolute Gasteiger partial charge is 0.325 e. The van der Waals surface area contributed by atoms with E-state index in [-0.39, 0.29) is 21.8 Å². The number of anilines is 1. The molecular formula is C23H28N4O3S2. The number of aromatic nitrogens is 3. The summed E-state index contributed by atoms with van der Waals surface area (Å²) in [5, 5.41) is 11.3. The van der Waals surface area contributed by atoms with Gasteiger partial charge in [-0.3, -0.25) is 4.79 Å². The van der Waals surface area contributed by atoms with E-state index in [4.69, 9.17) is 0 Å². The summed E-state index contributed by atoms with van der Waals surface area (Å²) in [5.41, 5.74) is 3.91. The van der Waals surface area contributed by atoms with Gasteiger partial charge in [-0.15, -0.1) is 10.2 Å². The molecule has 1 N–H and O–H groups in total. The van der Waals surface area contributed by atoms with Crippen LogP contribution in [0.3, 0.4) is 0 Å². The average molecular weight is 473 g/mol. The molecule has 1 aromatic heterocycles. The highest BCUT2D eigenvalue weighted by Gasteiger charge is 2.24. The number of thioether (sulfide) groups is 1. The standard InChI is InChI=1S/C23H28N4O3S2/c1-6-20(22(28)24-19-12-9-16(3)13-17(19)4)31-23-26-25-21(27(23)5)14-32(29,30)18-10-7-15(2)8-11-18/h7-13,20H,6,14H2,1-5H3,(H,24,28). The van der Waals surface area contributed by atoms with Gasteiger partial charge in [-0.25, -0.2) is 8.42 Å². The summed E-state index contributed by atoms with van der Waals surface area (Å²) in [6.07, 6.45) is 0.589. The van der Waals surface area contributed by atoms with E-state index in [2.05, 4.69) is 15.5 Å². The molecule has 0 radical (unpaired) electrons. The van der Waals surface area contributed by atoms with Gasteiger partial charge in [0.15, 0.2) is 15.0 Å². The number of nitrogens with one attached hydrogen (secondary N) is 1. The summed E-state index contributed by atoms with van der Waals surface area (Å²) in [7, 11) is -1.83. The van der Waals surface area contributed by atoms with Crippen molar-refractivity contribution < 1.29 is 13.2 Å². The minimum atomic E-state index is -3.55. The molecule has 1 atom stereocenters. The molecule has 0 aliphatic heterocycles. The zero-order valence-electron chi connectivity index (χ0n) is 18.9. The molecule has 1 unspecified atom stereocenters. The fraction of sp³-hybridized carbons (Fsp3) is 0.348. The Morgan fingerprint density at radius 1 is 1.06 bits per heavy atom. The molecule has 0 saturated carbocycles. The second-order valence-electron chi connectivity index (χ2n) is 7.85. The third-order valence-electron chi connectivity index (χ3n) is 5.17. The van der Waals surface area contributed by atoms with Crippen molar-refractivity contribution >= 4 is 33.2 Å². The lowest BCUT2D eigenvalue weighted by atomic mass is 10.1. The first kappa shape index (κ1) is 24.0. The molecule has 3 aromatic rings. The minimum absolute atomic E-state index is 0.124. The molecule has 32 heavy (non-hydrogen) atoms. The van der Waals surface area contributed by atoms with Gasteiger partial charge in [0, 0.05) is 12.7 Å². The van der Waals surface area contributed by atoms with E-state index < -0.39 is 9.84 Å². The van der Waals surface area contributed by atoms with Crippen LogP contribution in [0.4, 0.5) is 5.69 Å². The number of carbonyl (C=O) groups excluding carboxylic acids is 1. The number of benzene rings is 2. The van der Waals surface area contributed by atoms with E-state index in [1.54, 1.807) is 35.9 Å². The smallest absolute Gasteiger partial charge is 0.237 e. The van der Waals surface area contributed by atoms with Gasteiger partial charge in [0.05, 0.1) is 10.1 Å². The third kappa shape index (κ3) is 5.58. The fourth-order valence-electron chi connectivity index (χ4n) is 3.19. The van der Waals surface area contributed by atoms with Crippen LogP contribution in [-0.4, -0.2) is 34.3 Å². The van der Waals surface area contributed by atoms with Crippen LogP contribution in [0.5, 0.6) is 0 Å². The summed E-state index contributed by atoms with van der Waals surface area (Å²) in [6, 6.07) is 12.6. The van der Waals surface area contributed by atoms with Crippen LogP contribution < -0.4 is 5.32 Å². The van der Waals surface area contributed by atoms with Crippen molar-refractivity contribution in [2.75, 3.05) is 5.32 Å². The summed E-state index contributed by atoms with van der Waals surface area (Å²) >= 11 is 1.28. The maximum atomic E-state index is 12.9.